The van der Waals surface area contributed by atoms with E-state index in [-0.39, 0.29) is 0 Å². The predicted molar refractivity (Wildman–Crippen MR) is 86.2 cm³/mol. The highest BCUT2D eigenvalue weighted by molar-refractivity contribution is 6.33. The number of para-hydroxylation sites is 1. The van der Waals surface area contributed by atoms with Gasteiger partial charge in [0.2, 0.25) is 0 Å². The molecular weight excluding hydrogens is 256 g/mol. The SMILES string of the molecule is CCCNCc1cccc(Cl)c1N(CCC)CCC. The van der Waals surface area contributed by atoms with Gasteiger partial charge in [0, 0.05) is 19.6 Å². The van der Waals surface area contributed by atoms with Crippen molar-refractivity contribution in [1.82, 2.24) is 5.32 Å². The van der Waals surface area contributed by atoms with Crippen molar-refractivity contribution in [3.05, 3.63) is 28.8 Å². The molecule has 0 aromatic heterocycles. The summed E-state index contributed by atoms with van der Waals surface area (Å²) in [5, 5.41) is 4.35. The highest BCUT2D eigenvalue weighted by Crippen LogP contribution is 2.30. The zero-order valence-corrected chi connectivity index (χ0v) is 13.3. The van der Waals surface area contributed by atoms with Crippen molar-refractivity contribution in [2.45, 2.75) is 46.6 Å². The van der Waals surface area contributed by atoms with E-state index in [1.54, 1.807) is 0 Å². The predicted octanol–water partition coefficient (Wildman–Crippen LogP) is 4.47. The molecule has 0 radical (unpaired) electrons. The first kappa shape index (κ1) is 16.3. The highest BCUT2D eigenvalue weighted by atomic mass is 35.5. The number of rotatable bonds is 9. The van der Waals surface area contributed by atoms with Crippen LogP contribution in [0.15, 0.2) is 18.2 Å². The zero-order valence-electron chi connectivity index (χ0n) is 12.5. The molecule has 3 heteroatoms. The lowest BCUT2D eigenvalue weighted by Crippen LogP contribution is -2.27. The lowest BCUT2D eigenvalue weighted by molar-refractivity contribution is 0.669. The third kappa shape index (κ3) is 5.04. The molecule has 1 rings (SSSR count). The van der Waals surface area contributed by atoms with Gasteiger partial charge in [0.25, 0.3) is 0 Å². The first-order chi connectivity index (χ1) is 9.24. The fourth-order valence-corrected chi connectivity index (χ4v) is 2.65. The summed E-state index contributed by atoms with van der Waals surface area (Å²) in [6, 6.07) is 6.23. The maximum atomic E-state index is 6.44. The number of nitrogens with zero attached hydrogens (tertiary/aromatic N) is 1. The van der Waals surface area contributed by atoms with E-state index in [2.05, 4.69) is 37.1 Å². The smallest absolute Gasteiger partial charge is 0.0642 e. The van der Waals surface area contributed by atoms with E-state index in [1.165, 1.54) is 11.3 Å². The van der Waals surface area contributed by atoms with Gasteiger partial charge in [-0.05, 0) is 37.4 Å². The summed E-state index contributed by atoms with van der Waals surface area (Å²) >= 11 is 6.44. The van der Waals surface area contributed by atoms with E-state index < -0.39 is 0 Å². The van der Waals surface area contributed by atoms with Crippen molar-refractivity contribution >= 4 is 17.3 Å². The van der Waals surface area contributed by atoms with Crippen LogP contribution in [0.3, 0.4) is 0 Å². The summed E-state index contributed by atoms with van der Waals surface area (Å²) < 4.78 is 0. The molecule has 1 N–H and O–H groups in total. The maximum absolute atomic E-state index is 6.44. The van der Waals surface area contributed by atoms with Crippen LogP contribution in [0.5, 0.6) is 0 Å². The van der Waals surface area contributed by atoms with Crippen LogP contribution in [0.1, 0.15) is 45.6 Å². The molecule has 19 heavy (non-hydrogen) atoms. The molecule has 1 aromatic rings. The number of anilines is 1. The zero-order chi connectivity index (χ0) is 14.1. The minimum atomic E-state index is 0.873. The van der Waals surface area contributed by atoms with Crippen molar-refractivity contribution in [3.8, 4) is 0 Å². The second kappa shape index (κ2) is 9.22. The topological polar surface area (TPSA) is 15.3 Å². The molecule has 0 aliphatic rings. The van der Waals surface area contributed by atoms with Crippen molar-refractivity contribution in [3.63, 3.8) is 0 Å². The lowest BCUT2D eigenvalue weighted by Gasteiger charge is -2.27. The van der Waals surface area contributed by atoms with Crippen LogP contribution in [-0.4, -0.2) is 19.6 Å². The summed E-state index contributed by atoms with van der Waals surface area (Å²) in [6.07, 6.45) is 3.45. The van der Waals surface area contributed by atoms with E-state index in [1.807, 2.05) is 12.1 Å². The number of halogens is 1. The summed E-state index contributed by atoms with van der Waals surface area (Å²) in [7, 11) is 0. The Bertz CT molecular complexity index is 360. The van der Waals surface area contributed by atoms with Crippen LogP contribution in [0, 0.1) is 0 Å². The van der Waals surface area contributed by atoms with Crippen LogP contribution in [0.4, 0.5) is 5.69 Å². The fraction of sp³-hybridized carbons (Fsp3) is 0.625. The van der Waals surface area contributed by atoms with E-state index in [0.717, 1.165) is 50.5 Å². The number of benzene rings is 1. The minimum absolute atomic E-state index is 0.873. The maximum Gasteiger partial charge on any atom is 0.0642 e. The highest BCUT2D eigenvalue weighted by Gasteiger charge is 2.13. The third-order valence-electron chi connectivity index (χ3n) is 3.12. The molecule has 0 atom stereocenters. The Morgan fingerprint density at radius 1 is 1.05 bits per heavy atom. The van der Waals surface area contributed by atoms with Gasteiger partial charge in [-0.25, -0.2) is 0 Å². The Morgan fingerprint density at radius 2 is 1.74 bits per heavy atom. The standard InChI is InChI=1S/C16H27ClN2/c1-4-10-18-13-14-8-7-9-15(17)16(14)19(11-5-2)12-6-3/h7-9,18H,4-6,10-13H2,1-3H3. The molecule has 0 spiro atoms. The van der Waals surface area contributed by atoms with E-state index in [9.17, 15) is 0 Å². The molecule has 1 aromatic carbocycles. The van der Waals surface area contributed by atoms with Gasteiger partial charge < -0.3 is 10.2 Å². The Kier molecular flexibility index (Phi) is 7.92. The quantitative estimate of drug-likeness (QED) is 0.673. The molecule has 0 heterocycles. The monoisotopic (exact) mass is 282 g/mol. The van der Waals surface area contributed by atoms with Crippen LogP contribution in [0.2, 0.25) is 5.02 Å². The Balaban J connectivity index is 2.93. The molecule has 0 saturated heterocycles. The van der Waals surface area contributed by atoms with Gasteiger partial charge in [-0.3, -0.25) is 0 Å². The Morgan fingerprint density at radius 3 is 2.32 bits per heavy atom. The largest absolute Gasteiger partial charge is 0.370 e. The fourth-order valence-electron chi connectivity index (χ4n) is 2.33. The molecule has 2 nitrogen and oxygen atoms in total. The van der Waals surface area contributed by atoms with Crippen molar-refractivity contribution in [2.24, 2.45) is 0 Å². The van der Waals surface area contributed by atoms with Crippen LogP contribution >= 0.6 is 11.6 Å². The van der Waals surface area contributed by atoms with Crippen molar-refractivity contribution in [2.75, 3.05) is 24.5 Å². The van der Waals surface area contributed by atoms with Crippen molar-refractivity contribution in [1.29, 1.82) is 0 Å². The second-order valence-electron chi connectivity index (χ2n) is 4.91. The molecule has 0 bridgehead atoms. The molecular formula is C16H27ClN2. The minimum Gasteiger partial charge on any atom is -0.370 e. The van der Waals surface area contributed by atoms with Gasteiger partial charge in [0.05, 0.1) is 10.7 Å². The molecule has 0 fully saturated rings. The summed E-state index contributed by atoms with van der Waals surface area (Å²) in [4.78, 5) is 2.42. The Hall–Kier alpha value is -0.730. The molecule has 0 saturated carbocycles. The van der Waals surface area contributed by atoms with Gasteiger partial charge >= 0.3 is 0 Å². The molecule has 108 valence electrons. The molecule has 0 aliphatic heterocycles. The normalized spacial score (nSPS) is 10.7. The van der Waals surface area contributed by atoms with E-state index in [4.69, 9.17) is 11.6 Å². The molecule has 0 amide bonds. The molecule has 0 aliphatic carbocycles. The van der Waals surface area contributed by atoms with Gasteiger partial charge in [-0.15, -0.1) is 0 Å². The van der Waals surface area contributed by atoms with Crippen molar-refractivity contribution < 1.29 is 0 Å². The molecule has 0 unspecified atom stereocenters. The number of hydrogen-bond acceptors (Lipinski definition) is 2. The van der Waals surface area contributed by atoms with Gasteiger partial charge in [0.1, 0.15) is 0 Å². The van der Waals surface area contributed by atoms with Gasteiger partial charge in [-0.2, -0.15) is 0 Å². The third-order valence-corrected chi connectivity index (χ3v) is 3.42. The second-order valence-corrected chi connectivity index (χ2v) is 5.32. The van der Waals surface area contributed by atoms with Crippen LogP contribution in [0.25, 0.3) is 0 Å². The number of nitrogens with one attached hydrogen (secondary N) is 1. The summed E-state index contributed by atoms with van der Waals surface area (Å²) in [5.74, 6) is 0. The van der Waals surface area contributed by atoms with E-state index >= 15 is 0 Å². The van der Waals surface area contributed by atoms with Gasteiger partial charge in [0.15, 0.2) is 0 Å². The first-order valence-electron chi connectivity index (χ1n) is 7.47. The Labute approximate surface area is 123 Å². The average Bonchev–Trinajstić information content (AvgIpc) is 2.39. The number of hydrogen-bond donors (Lipinski definition) is 1. The first-order valence-corrected chi connectivity index (χ1v) is 7.85. The van der Waals surface area contributed by atoms with E-state index in [0.29, 0.717) is 0 Å². The lowest BCUT2D eigenvalue weighted by atomic mass is 10.1. The van der Waals surface area contributed by atoms with Crippen LogP contribution < -0.4 is 10.2 Å². The summed E-state index contributed by atoms with van der Waals surface area (Å²) in [5.41, 5.74) is 2.53. The summed E-state index contributed by atoms with van der Waals surface area (Å²) in [6.45, 7) is 10.7. The average molecular weight is 283 g/mol. The van der Waals surface area contributed by atoms with Gasteiger partial charge in [-0.1, -0.05) is 44.5 Å². The van der Waals surface area contributed by atoms with Crippen LogP contribution in [-0.2, 0) is 6.54 Å².